The van der Waals surface area contributed by atoms with Crippen molar-refractivity contribution in [1.29, 1.82) is 0 Å². The highest BCUT2D eigenvalue weighted by atomic mass is 32.1. The zero-order chi connectivity index (χ0) is 21.7. The van der Waals surface area contributed by atoms with Crippen LogP contribution in [0, 0.1) is 6.92 Å². The fourth-order valence-electron chi connectivity index (χ4n) is 2.98. The lowest BCUT2D eigenvalue weighted by atomic mass is 10.0. The van der Waals surface area contributed by atoms with Gasteiger partial charge in [-0.3, -0.25) is 0 Å². The van der Waals surface area contributed by atoms with Crippen molar-refractivity contribution >= 4 is 45.6 Å². The standard InChI is InChI=1S/C22H20N2O4S2/c1-13-17(15-6-4-3-5-7-15)18(21(27)28-2)19(30-13)24-22(29)23-12-14-8-10-16(11-9-14)20(25)26/h3-11H,12H2,1-2H3,(H,25,26)(H2,23,24,29). The molecule has 0 atom stereocenters. The fraction of sp³-hybridized carbons (Fsp3) is 0.136. The third kappa shape index (κ3) is 4.84. The van der Waals surface area contributed by atoms with E-state index in [1.807, 2.05) is 37.3 Å². The van der Waals surface area contributed by atoms with Gasteiger partial charge >= 0.3 is 11.9 Å². The predicted octanol–water partition coefficient (Wildman–Crippen LogP) is 4.69. The van der Waals surface area contributed by atoms with E-state index in [1.165, 1.54) is 18.4 Å². The first-order valence-electron chi connectivity index (χ1n) is 9.05. The monoisotopic (exact) mass is 440 g/mol. The van der Waals surface area contributed by atoms with Crippen molar-refractivity contribution < 1.29 is 19.4 Å². The Morgan fingerprint density at radius 3 is 2.37 bits per heavy atom. The highest BCUT2D eigenvalue weighted by Gasteiger charge is 2.24. The van der Waals surface area contributed by atoms with Crippen LogP contribution in [0.1, 0.15) is 31.2 Å². The van der Waals surface area contributed by atoms with Crippen molar-refractivity contribution in [3.05, 3.63) is 76.2 Å². The van der Waals surface area contributed by atoms with Gasteiger partial charge in [-0.1, -0.05) is 42.5 Å². The summed E-state index contributed by atoms with van der Waals surface area (Å²) >= 11 is 6.82. The van der Waals surface area contributed by atoms with Gasteiger partial charge in [-0.25, -0.2) is 9.59 Å². The molecule has 1 aromatic heterocycles. The molecule has 0 radical (unpaired) electrons. The minimum absolute atomic E-state index is 0.227. The minimum atomic E-state index is -0.968. The van der Waals surface area contributed by atoms with Gasteiger partial charge in [-0.15, -0.1) is 11.3 Å². The quantitative estimate of drug-likeness (QED) is 0.378. The molecule has 154 valence electrons. The van der Waals surface area contributed by atoms with Gasteiger partial charge in [-0.05, 0) is 42.4 Å². The van der Waals surface area contributed by atoms with Crippen LogP contribution in [-0.4, -0.2) is 29.3 Å². The molecule has 0 saturated carbocycles. The van der Waals surface area contributed by atoms with Crippen LogP contribution >= 0.6 is 23.6 Å². The van der Waals surface area contributed by atoms with E-state index in [2.05, 4.69) is 10.6 Å². The van der Waals surface area contributed by atoms with Gasteiger partial charge in [0, 0.05) is 17.0 Å². The van der Waals surface area contributed by atoms with Crippen LogP contribution in [0.25, 0.3) is 11.1 Å². The van der Waals surface area contributed by atoms with Gasteiger partial charge in [0.25, 0.3) is 0 Å². The maximum Gasteiger partial charge on any atom is 0.341 e. The van der Waals surface area contributed by atoms with Crippen molar-refractivity contribution in [3.8, 4) is 11.1 Å². The van der Waals surface area contributed by atoms with Crippen LogP contribution < -0.4 is 10.6 Å². The number of anilines is 1. The molecule has 0 spiro atoms. The highest BCUT2D eigenvalue weighted by Crippen LogP contribution is 2.40. The summed E-state index contributed by atoms with van der Waals surface area (Å²) in [7, 11) is 1.35. The Kier molecular flexibility index (Phi) is 6.81. The SMILES string of the molecule is COC(=O)c1c(NC(=S)NCc2ccc(C(=O)O)cc2)sc(C)c1-c1ccccc1. The number of aryl methyl sites for hydroxylation is 1. The van der Waals surface area contributed by atoms with Gasteiger partial charge in [-0.2, -0.15) is 0 Å². The van der Waals surface area contributed by atoms with Crippen molar-refractivity contribution in [2.75, 3.05) is 12.4 Å². The fourth-order valence-corrected chi connectivity index (χ4v) is 4.28. The molecule has 0 fully saturated rings. The van der Waals surface area contributed by atoms with Gasteiger partial charge in [0.05, 0.1) is 12.7 Å². The Hall–Kier alpha value is -3.23. The number of nitrogens with one attached hydrogen (secondary N) is 2. The van der Waals surface area contributed by atoms with Crippen LogP contribution in [0.4, 0.5) is 5.00 Å². The Bertz CT molecular complexity index is 1080. The van der Waals surface area contributed by atoms with E-state index in [-0.39, 0.29) is 5.56 Å². The molecule has 6 nitrogen and oxygen atoms in total. The zero-order valence-corrected chi connectivity index (χ0v) is 18.0. The lowest BCUT2D eigenvalue weighted by Gasteiger charge is -2.11. The van der Waals surface area contributed by atoms with E-state index in [9.17, 15) is 9.59 Å². The van der Waals surface area contributed by atoms with Crippen LogP contribution in [-0.2, 0) is 11.3 Å². The number of hydrogen-bond donors (Lipinski definition) is 3. The number of aromatic carboxylic acids is 1. The average molecular weight is 441 g/mol. The summed E-state index contributed by atoms with van der Waals surface area (Å²) in [6.45, 7) is 2.36. The summed E-state index contributed by atoms with van der Waals surface area (Å²) in [6, 6.07) is 16.2. The summed E-state index contributed by atoms with van der Waals surface area (Å²) in [5, 5.41) is 16.1. The van der Waals surface area contributed by atoms with Crippen LogP contribution in [0.15, 0.2) is 54.6 Å². The van der Waals surface area contributed by atoms with E-state index in [1.54, 1.807) is 24.3 Å². The third-order valence-corrected chi connectivity index (χ3v) is 5.68. The number of carbonyl (C=O) groups excluding carboxylic acids is 1. The molecule has 0 amide bonds. The zero-order valence-electron chi connectivity index (χ0n) is 16.4. The number of thiocarbonyl (C=S) groups is 1. The summed E-state index contributed by atoms with van der Waals surface area (Å²) in [5.41, 5.74) is 3.30. The Labute approximate surface area is 183 Å². The molecule has 0 unspecified atom stereocenters. The van der Waals surface area contributed by atoms with Gasteiger partial charge in [0.2, 0.25) is 0 Å². The number of rotatable bonds is 6. The first-order valence-corrected chi connectivity index (χ1v) is 10.3. The maximum absolute atomic E-state index is 12.5. The molecule has 30 heavy (non-hydrogen) atoms. The molecule has 0 aliphatic rings. The smallest absolute Gasteiger partial charge is 0.341 e. The summed E-state index contributed by atoms with van der Waals surface area (Å²) in [4.78, 5) is 24.4. The van der Waals surface area contributed by atoms with Gasteiger partial charge in [0.15, 0.2) is 5.11 Å². The number of hydrogen-bond acceptors (Lipinski definition) is 5. The molecule has 3 aromatic rings. The summed E-state index contributed by atoms with van der Waals surface area (Å²) in [6.07, 6.45) is 0. The van der Waals surface area contributed by atoms with Crippen molar-refractivity contribution in [3.63, 3.8) is 0 Å². The lowest BCUT2D eigenvalue weighted by Crippen LogP contribution is -2.28. The Balaban J connectivity index is 1.78. The molecule has 3 N–H and O–H groups in total. The molecule has 3 rings (SSSR count). The Morgan fingerprint density at radius 1 is 1.10 bits per heavy atom. The molecular formula is C22H20N2O4S2. The topological polar surface area (TPSA) is 87.7 Å². The normalized spacial score (nSPS) is 10.3. The maximum atomic E-state index is 12.5. The number of thiophene rings is 1. The van der Waals surface area contributed by atoms with Crippen molar-refractivity contribution in [2.45, 2.75) is 13.5 Å². The summed E-state index contributed by atoms with van der Waals surface area (Å²) in [5.74, 6) is -1.41. The predicted molar refractivity (Wildman–Crippen MR) is 122 cm³/mol. The minimum Gasteiger partial charge on any atom is -0.478 e. The number of carboxylic acids is 1. The number of carboxylic acid groups (broad SMARTS) is 1. The van der Waals surface area contributed by atoms with Crippen LogP contribution in [0.2, 0.25) is 0 Å². The lowest BCUT2D eigenvalue weighted by molar-refractivity contribution is 0.0602. The van der Waals surface area contributed by atoms with Gasteiger partial charge < -0.3 is 20.5 Å². The molecule has 0 bridgehead atoms. The Morgan fingerprint density at radius 2 is 1.77 bits per heavy atom. The van der Waals surface area contributed by atoms with Crippen LogP contribution in [0.5, 0.6) is 0 Å². The number of ether oxygens (including phenoxy) is 1. The number of esters is 1. The number of benzene rings is 2. The molecule has 0 aliphatic heterocycles. The average Bonchev–Trinajstić information content (AvgIpc) is 3.08. The molecule has 1 heterocycles. The molecule has 2 aromatic carbocycles. The highest BCUT2D eigenvalue weighted by molar-refractivity contribution is 7.80. The first kappa shape index (κ1) is 21.5. The largest absolute Gasteiger partial charge is 0.478 e. The second-order valence-electron chi connectivity index (χ2n) is 6.40. The molecular weight excluding hydrogens is 420 g/mol. The van der Waals surface area contributed by atoms with Crippen molar-refractivity contribution in [1.82, 2.24) is 5.32 Å². The second-order valence-corrected chi connectivity index (χ2v) is 8.04. The van der Waals surface area contributed by atoms with Crippen LogP contribution in [0.3, 0.4) is 0 Å². The van der Waals surface area contributed by atoms with E-state index < -0.39 is 11.9 Å². The molecule has 8 heteroatoms. The third-order valence-electron chi connectivity index (χ3n) is 4.42. The second kappa shape index (κ2) is 9.51. The van der Waals surface area contributed by atoms with Gasteiger partial charge in [0.1, 0.15) is 10.6 Å². The molecule has 0 aliphatic carbocycles. The first-order chi connectivity index (χ1) is 14.4. The van der Waals surface area contributed by atoms with E-state index in [0.717, 1.165) is 21.6 Å². The van der Waals surface area contributed by atoms with E-state index >= 15 is 0 Å². The number of methoxy groups -OCH3 is 1. The van der Waals surface area contributed by atoms with Crippen molar-refractivity contribution in [2.24, 2.45) is 0 Å². The summed E-state index contributed by atoms with van der Waals surface area (Å²) < 4.78 is 5.01. The van der Waals surface area contributed by atoms with E-state index in [0.29, 0.717) is 22.2 Å². The van der Waals surface area contributed by atoms with E-state index in [4.69, 9.17) is 22.1 Å². The number of carbonyl (C=O) groups is 2. The molecule has 0 saturated heterocycles.